The first-order valence-corrected chi connectivity index (χ1v) is 11.8. The highest BCUT2D eigenvalue weighted by atomic mass is 127. The van der Waals surface area contributed by atoms with Gasteiger partial charge in [0.05, 0.1) is 13.1 Å². The number of benzene rings is 2. The molecule has 3 rings (SSSR count). The minimum Gasteiger partial charge on any atom is -0.424 e. The van der Waals surface area contributed by atoms with Gasteiger partial charge in [-0.25, -0.2) is 0 Å². The molecule has 1 unspecified atom stereocenters. The van der Waals surface area contributed by atoms with Crippen molar-refractivity contribution in [2.75, 3.05) is 0 Å². The molecule has 132 valence electrons. The van der Waals surface area contributed by atoms with E-state index in [0.29, 0.717) is 13.6 Å². The summed E-state index contributed by atoms with van der Waals surface area (Å²) < 4.78 is 39.5. The lowest BCUT2D eigenvalue weighted by molar-refractivity contribution is -0.136. The first-order valence-electron chi connectivity index (χ1n) is 7.14. The molecule has 9 heteroatoms. The molecule has 1 aliphatic carbocycles. The van der Waals surface area contributed by atoms with Gasteiger partial charge in [-0.15, -0.1) is 0 Å². The van der Waals surface area contributed by atoms with E-state index in [1.807, 2.05) is 69.4 Å². The van der Waals surface area contributed by atoms with Crippen LogP contribution in [-0.4, -0.2) is 18.9 Å². The van der Waals surface area contributed by atoms with Gasteiger partial charge in [0, 0.05) is 3.57 Å². The largest absolute Gasteiger partial charge is 0.424 e. The van der Waals surface area contributed by atoms with Gasteiger partial charge in [0.25, 0.3) is 10.1 Å². The lowest BCUT2D eigenvalue weighted by Crippen LogP contribution is -2.19. The average Bonchev–Trinajstić information content (AvgIpc) is 2.93. The van der Waals surface area contributed by atoms with Gasteiger partial charge in [0.2, 0.25) is 0 Å². The fraction of sp³-hybridized carbons (Fsp3) is 0.188. The lowest BCUT2D eigenvalue weighted by atomic mass is 10.0. The van der Waals surface area contributed by atoms with Crippen molar-refractivity contribution in [1.29, 1.82) is 0 Å². The maximum Gasteiger partial charge on any atom is 0.318 e. The third-order valence-corrected chi connectivity index (χ3v) is 8.32. The molecular formula is C16H11I3O5S. The average molecular weight is 696 g/mol. The highest BCUT2D eigenvalue weighted by molar-refractivity contribution is 14.1. The van der Waals surface area contributed by atoms with Crippen LogP contribution in [0.4, 0.5) is 0 Å². The normalized spacial score (nSPS) is 16.6. The van der Waals surface area contributed by atoms with Crippen LogP contribution in [0.25, 0.3) is 0 Å². The number of aryl methyl sites for hydroxylation is 1. The fourth-order valence-electron chi connectivity index (χ4n) is 2.86. The molecule has 5 nitrogen and oxygen atoms in total. The van der Waals surface area contributed by atoms with E-state index in [9.17, 15) is 17.8 Å². The zero-order valence-electron chi connectivity index (χ0n) is 12.5. The molecule has 25 heavy (non-hydrogen) atoms. The Morgan fingerprint density at radius 3 is 2.52 bits per heavy atom. The molecular weight excluding hydrogens is 685 g/mol. The van der Waals surface area contributed by atoms with Crippen molar-refractivity contribution in [3.05, 3.63) is 52.2 Å². The maximum atomic E-state index is 12.7. The number of fused-ring (bicyclic) bond motifs is 1. The molecule has 1 atom stereocenters. The molecule has 1 N–H and O–H groups in total. The number of halogens is 3. The van der Waals surface area contributed by atoms with Crippen LogP contribution >= 0.6 is 67.8 Å². The second-order valence-electron chi connectivity index (χ2n) is 5.50. The van der Waals surface area contributed by atoms with Crippen LogP contribution in [0.1, 0.15) is 23.5 Å². The van der Waals surface area contributed by atoms with Gasteiger partial charge < -0.3 is 4.74 Å². The monoisotopic (exact) mass is 696 g/mol. The topological polar surface area (TPSA) is 80.7 Å². The summed E-state index contributed by atoms with van der Waals surface area (Å²) in [5.41, 5.74) is 2.09. The molecule has 0 spiro atoms. The first-order chi connectivity index (χ1) is 11.7. The summed E-state index contributed by atoms with van der Waals surface area (Å²) in [5.74, 6) is -0.608. The molecule has 0 fully saturated rings. The standard InChI is InChI=1S/C16H11I3O5S/c17-11-7-12(18)15(25(21,22)23)13(19)14(11)24-16(20)10-6-5-8-3-1-2-4-9(8)10/h1-4,7,10H,5-6H2,(H,21,22,23). The second-order valence-corrected chi connectivity index (χ2v) is 10.3. The van der Waals surface area contributed by atoms with E-state index in [0.717, 1.165) is 17.5 Å². The van der Waals surface area contributed by atoms with Crippen LogP contribution in [0.15, 0.2) is 35.2 Å². The minimum atomic E-state index is -4.42. The summed E-state index contributed by atoms with van der Waals surface area (Å²) in [6.45, 7) is 0. The van der Waals surface area contributed by atoms with Crippen LogP contribution in [0, 0.1) is 10.7 Å². The molecule has 0 heterocycles. The van der Waals surface area contributed by atoms with E-state index >= 15 is 0 Å². The van der Waals surface area contributed by atoms with Crippen LogP contribution < -0.4 is 4.74 Å². The molecule has 0 saturated heterocycles. The van der Waals surface area contributed by atoms with E-state index in [-0.39, 0.29) is 20.1 Å². The summed E-state index contributed by atoms with van der Waals surface area (Å²) in [6.07, 6.45) is 1.48. The Labute approximate surface area is 186 Å². The van der Waals surface area contributed by atoms with Crippen LogP contribution in [0.5, 0.6) is 5.75 Å². The summed E-state index contributed by atoms with van der Waals surface area (Å²) in [4.78, 5) is 12.5. The van der Waals surface area contributed by atoms with Gasteiger partial charge in [-0.2, -0.15) is 8.42 Å². The molecule has 0 amide bonds. The van der Waals surface area contributed by atoms with Crippen molar-refractivity contribution < 1.29 is 22.5 Å². The highest BCUT2D eigenvalue weighted by Gasteiger charge is 2.32. The Balaban J connectivity index is 1.98. The van der Waals surface area contributed by atoms with Crippen molar-refractivity contribution in [3.63, 3.8) is 0 Å². The Morgan fingerprint density at radius 2 is 1.84 bits per heavy atom. The molecule has 0 aliphatic heterocycles. The fourth-order valence-corrected chi connectivity index (χ4v) is 8.74. The molecule has 2 aromatic rings. The van der Waals surface area contributed by atoms with E-state index < -0.39 is 16.1 Å². The Morgan fingerprint density at radius 1 is 1.16 bits per heavy atom. The van der Waals surface area contributed by atoms with E-state index in [1.165, 1.54) is 0 Å². The number of hydrogen-bond donors (Lipinski definition) is 1. The predicted octanol–water partition coefficient (Wildman–Crippen LogP) is 4.38. The van der Waals surface area contributed by atoms with Crippen molar-refractivity contribution in [2.24, 2.45) is 0 Å². The van der Waals surface area contributed by atoms with Crippen LogP contribution in [0.3, 0.4) is 0 Å². The minimum absolute atomic E-state index is 0.170. The van der Waals surface area contributed by atoms with Crippen molar-refractivity contribution in [1.82, 2.24) is 0 Å². The third-order valence-electron chi connectivity index (χ3n) is 3.96. The summed E-state index contributed by atoms with van der Waals surface area (Å²) >= 11 is 5.61. The number of carbonyl (C=O) groups excluding carboxylic acids is 1. The van der Waals surface area contributed by atoms with Crippen LogP contribution in [0.2, 0.25) is 0 Å². The van der Waals surface area contributed by atoms with E-state index in [4.69, 9.17) is 4.74 Å². The molecule has 1 aliphatic rings. The number of ether oxygens (including phenoxy) is 1. The van der Waals surface area contributed by atoms with E-state index in [2.05, 4.69) is 0 Å². The van der Waals surface area contributed by atoms with Gasteiger partial charge in [-0.1, -0.05) is 24.3 Å². The van der Waals surface area contributed by atoms with Crippen molar-refractivity contribution >= 4 is 83.9 Å². The predicted molar refractivity (Wildman–Crippen MR) is 118 cm³/mol. The zero-order valence-corrected chi connectivity index (χ0v) is 19.8. The smallest absolute Gasteiger partial charge is 0.318 e. The van der Waals surface area contributed by atoms with Crippen LogP contribution in [-0.2, 0) is 21.3 Å². The lowest BCUT2D eigenvalue weighted by Gasteiger charge is -2.15. The van der Waals surface area contributed by atoms with E-state index in [1.54, 1.807) is 28.7 Å². The van der Waals surface area contributed by atoms with Crippen molar-refractivity contribution in [3.8, 4) is 5.75 Å². The van der Waals surface area contributed by atoms with Gasteiger partial charge in [-0.3, -0.25) is 9.35 Å². The summed E-state index contributed by atoms with van der Waals surface area (Å²) in [5, 5.41) is 0. The zero-order chi connectivity index (χ0) is 18.4. The number of carbonyl (C=O) groups is 1. The maximum absolute atomic E-state index is 12.7. The van der Waals surface area contributed by atoms with Crippen molar-refractivity contribution in [2.45, 2.75) is 23.7 Å². The Kier molecular flexibility index (Phi) is 5.98. The number of esters is 1. The number of hydrogen-bond acceptors (Lipinski definition) is 4. The third kappa shape index (κ3) is 3.99. The van der Waals surface area contributed by atoms with Gasteiger partial charge in [0.15, 0.2) is 5.75 Å². The molecule has 0 bridgehead atoms. The second kappa shape index (κ2) is 7.56. The molecule has 0 saturated carbocycles. The van der Waals surface area contributed by atoms with Gasteiger partial charge >= 0.3 is 5.97 Å². The quantitative estimate of drug-likeness (QED) is 0.223. The Hall–Kier alpha value is 0.01000. The highest BCUT2D eigenvalue weighted by Crippen LogP contribution is 2.39. The summed E-state index contributed by atoms with van der Waals surface area (Å²) in [7, 11) is -4.42. The molecule has 0 radical (unpaired) electrons. The number of rotatable bonds is 3. The summed E-state index contributed by atoms with van der Waals surface area (Å²) in [6, 6.07) is 9.31. The van der Waals surface area contributed by atoms with Gasteiger partial charge in [-0.05, 0) is 97.8 Å². The van der Waals surface area contributed by atoms with Gasteiger partial charge in [0.1, 0.15) is 4.90 Å². The molecule has 0 aromatic heterocycles. The SMILES string of the molecule is O=C(Oc1c(I)cc(I)c(S(=O)(=O)O)c1I)C1CCc2ccccc21. The first kappa shape index (κ1) is 19.8. The Bertz CT molecular complexity index is 972. The molecule has 2 aromatic carbocycles.